The Morgan fingerprint density at radius 3 is 2.81 bits per heavy atom. The summed E-state index contributed by atoms with van der Waals surface area (Å²) in [5.41, 5.74) is 0.487. The van der Waals surface area contributed by atoms with Crippen molar-refractivity contribution < 1.29 is 19.1 Å². The standard InChI is InChI=1S/C10H8N2O4/c1-6-8(10(14)15)4-12(11-6)9-3-2-7(5-13)16-9/h2-5H,1H3,(H,14,15). The molecular weight excluding hydrogens is 212 g/mol. The number of aldehydes is 1. The molecule has 0 saturated carbocycles. The van der Waals surface area contributed by atoms with Crippen molar-refractivity contribution in [3.63, 3.8) is 0 Å². The Morgan fingerprint density at radius 1 is 1.56 bits per heavy atom. The summed E-state index contributed by atoms with van der Waals surface area (Å²) >= 11 is 0. The molecule has 1 N–H and O–H groups in total. The third-order valence-electron chi connectivity index (χ3n) is 2.08. The lowest BCUT2D eigenvalue weighted by molar-refractivity contribution is 0.0696. The summed E-state index contributed by atoms with van der Waals surface area (Å²) in [6, 6.07) is 3.03. The van der Waals surface area contributed by atoms with Crippen LogP contribution in [0.5, 0.6) is 0 Å². The Labute approximate surface area is 90.1 Å². The van der Waals surface area contributed by atoms with Crippen LogP contribution in [0.2, 0.25) is 0 Å². The Balaban J connectivity index is 2.44. The zero-order valence-corrected chi connectivity index (χ0v) is 8.38. The van der Waals surface area contributed by atoms with Crippen molar-refractivity contribution in [2.75, 3.05) is 0 Å². The van der Waals surface area contributed by atoms with E-state index in [1.54, 1.807) is 13.0 Å². The van der Waals surface area contributed by atoms with E-state index in [-0.39, 0.29) is 11.3 Å². The molecule has 2 heterocycles. The van der Waals surface area contributed by atoms with Crippen LogP contribution in [-0.4, -0.2) is 27.1 Å². The molecule has 0 saturated heterocycles. The van der Waals surface area contributed by atoms with Crippen LogP contribution < -0.4 is 0 Å². The van der Waals surface area contributed by atoms with Gasteiger partial charge in [0.15, 0.2) is 12.0 Å². The Bertz CT molecular complexity index is 553. The van der Waals surface area contributed by atoms with Gasteiger partial charge in [-0.25, -0.2) is 9.48 Å². The molecule has 6 nitrogen and oxygen atoms in total. The van der Waals surface area contributed by atoms with Crippen LogP contribution in [0.4, 0.5) is 0 Å². The maximum atomic E-state index is 10.8. The Morgan fingerprint density at radius 2 is 2.31 bits per heavy atom. The lowest BCUT2D eigenvalue weighted by atomic mass is 10.3. The average Bonchev–Trinajstić information content (AvgIpc) is 2.83. The summed E-state index contributed by atoms with van der Waals surface area (Å²) in [5.74, 6) is -0.580. The van der Waals surface area contributed by atoms with Gasteiger partial charge in [0.25, 0.3) is 0 Å². The van der Waals surface area contributed by atoms with Crippen molar-refractivity contribution in [3.8, 4) is 5.88 Å². The molecule has 2 aromatic heterocycles. The van der Waals surface area contributed by atoms with Crippen molar-refractivity contribution in [2.45, 2.75) is 6.92 Å². The monoisotopic (exact) mass is 220 g/mol. The minimum absolute atomic E-state index is 0.101. The van der Waals surface area contributed by atoms with Gasteiger partial charge < -0.3 is 9.52 Å². The van der Waals surface area contributed by atoms with Crippen LogP contribution >= 0.6 is 0 Å². The Kier molecular flexibility index (Phi) is 2.32. The van der Waals surface area contributed by atoms with Gasteiger partial charge in [-0.15, -0.1) is 0 Å². The first-order valence-electron chi connectivity index (χ1n) is 4.47. The van der Waals surface area contributed by atoms with Crippen molar-refractivity contribution in [1.82, 2.24) is 9.78 Å². The zero-order valence-electron chi connectivity index (χ0n) is 8.38. The minimum Gasteiger partial charge on any atom is -0.478 e. The summed E-state index contributed by atoms with van der Waals surface area (Å²) in [7, 11) is 0. The highest BCUT2D eigenvalue weighted by Crippen LogP contribution is 2.14. The second-order valence-corrected chi connectivity index (χ2v) is 3.17. The molecule has 16 heavy (non-hydrogen) atoms. The van der Waals surface area contributed by atoms with E-state index in [2.05, 4.69) is 5.10 Å². The maximum Gasteiger partial charge on any atom is 0.339 e. The van der Waals surface area contributed by atoms with Gasteiger partial charge in [0, 0.05) is 12.3 Å². The highest BCUT2D eigenvalue weighted by Gasteiger charge is 2.14. The van der Waals surface area contributed by atoms with Gasteiger partial charge in [-0.1, -0.05) is 0 Å². The number of hydrogen-bond acceptors (Lipinski definition) is 4. The van der Waals surface area contributed by atoms with Crippen molar-refractivity contribution >= 4 is 12.3 Å². The smallest absolute Gasteiger partial charge is 0.339 e. The number of aromatic nitrogens is 2. The number of aryl methyl sites for hydroxylation is 1. The van der Waals surface area contributed by atoms with Gasteiger partial charge >= 0.3 is 5.97 Å². The van der Waals surface area contributed by atoms with Gasteiger partial charge in [0.1, 0.15) is 5.56 Å². The molecule has 0 unspecified atom stereocenters. The summed E-state index contributed by atoms with van der Waals surface area (Å²) in [4.78, 5) is 21.2. The quantitative estimate of drug-likeness (QED) is 0.787. The molecule has 0 spiro atoms. The third-order valence-corrected chi connectivity index (χ3v) is 2.08. The molecule has 0 atom stereocenters. The van der Waals surface area contributed by atoms with Gasteiger partial charge in [-0.05, 0) is 13.0 Å². The summed E-state index contributed by atoms with van der Waals surface area (Å²) in [5, 5.41) is 12.8. The van der Waals surface area contributed by atoms with E-state index < -0.39 is 5.97 Å². The SMILES string of the molecule is Cc1nn(-c2ccc(C=O)o2)cc1C(=O)O. The number of aromatic carboxylic acids is 1. The minimum atomic E-state index is -1.05. The molecule has 0 aliphatic carbocycles. The predicted octanol–water partition coefficient (Wildman–Crippen LogP) is 1.28. The number of carbonyl (C=O) groups excluding carboxylic acids is 1. The second kappa shape index (κ2) is 3.65. The number of carbonyl (C=O) groups is 2. The van der Waals surface area contributed by atoms with E-state index in [0.29, 0.717) is 17.9 Å². The molecule has 0 fully saturated rings. The number of carboxylic acid groups (broad SMARTS) is 1. The lowest BCUT2D eigenvalue weighted by Gasteiger charge is -1.92. The van der Waals surface area contributed by atoms with Crippen LogP contribution in [-0.2, 0) is 0 Å². The first kappa shape index (κ1) is 10.2. The number of hydrogen-bond donors (Lipinski definition) is 1. The van der Waals surface area contributed by atoms with Crippen LogP contribution in [0.3, 0.4) is 0 Å². The van der Waals surface area contributed by atoms with Crippen molar-refractivity contribution in [1.29, 1.82) is 0 Å². The number of carboxylic acids is 1. The van der Waals surface area contributed by atoms with Gasteiger partial charge in [-0.3, -0.25) is 4.79 Å². The van der Waals surface area contributed by atoms with E-state index in [4.69, 9.17) is 9.52 Å². The highest BCUT2D eigenvalue weighted by atomic mass is 16.4. The Hall–Kier alpha value is -2.37. The fourth-order valence-corrected chi connectivity index (χ4v) is 1.31. The third kappa shape index (κ3) is 1.60. The largest absolute Gasteiger partial charge is 0.478 e. The topological polar surface area (TPSA) is 85.3 Å². The zero-order chi connectivity index (χ0) is 11.7. The molecule has 0 amide bonds. The molecule has 0 aliphatic heterocycles. The first-order valence-corrected chi connectivity index (χ1v) is 4.47. The fourth-order valence-electron chi connectivity index (χ4n) is 1.31. The average molecular weight is 220 g/mol. The molecule has 0 aliphatic rings. The maximum absolute atomic E-state index is 10.8. The van der Waals surface area contributed by atoms with Crippen LogP contribution in [0.15, 0.2) is 22.7 Å². The van der Waals surface area contributed by atoms with Crippen LogP contribution in [0.25, 0.3) is 5.88 Å². The molecule has 82 valence electrons. The summed E-state index contributed by atoms with van der Waals surface area (Å²) in [6.07, 6.45) is 1.91. The lowest BCUT2D eigenvalue weighted by Crippen LogP contribution is -1.95. The first-order chi connectivity index (χ1) is 7.61. The normalized spacial score (nSPS) is 10.3. The van der Waals surface area contributed by atoms with E-state index in [9.17, 15) is 9.59 Å². The molecule has 0 bridgehead atoms. The molecular formula is C10H8N2O4. The van der Waals surface area contributed by atoms with E-state index in [0.717, 1.165) is 0 Å². The fraction of sp³-hybridized carbons (Fsp3) is 0.100. The summed E-state index contributed by atoms with van der Waals surface area (Å²) in [6.45, 7) is 1.59. The van der Waals surface area contributed by atoms with E-state index >= 15 is 0 Å². The summed E-state index contributed by atoms with van der Waals surface area (Å²) < 4.78 is 6.39. The predicted molar refractivity (Wildman–Crippen MR) is 52.9 cm³/mol. The molecule has 2 aromatic rings. The number of nitrogens with zero attached hydrogens (tertiary/aromatic N) is 2. The molecule has 0 radical (unpaired) electrons. The van der Waals surface area contributed by atoms with E-state index in [1.165, 1.54) is 16.9 Å². The molecule has 6 heteroatoms. The van der Waals surface area contributed by atoms with Gasteiger partial charge in [0.05, 0.1) is 5.69 Å². The number of rotatable bonds is 3. The van der Waals surface area contributed by atoms with Gasteiger partial charge in [0.2, 0.25) is 5.88 Å². The van der Waals surface area contributed by atoms with E-state index in [1.807, 2.05) is 0 Å². The van der Waals surface area contributed by atoms with Crippen LogP contribution in [0.1, 0.15) is 26.6 Å². The van der Waals surface area contributed by atoms with Crippen molar-refractivity contribution in [3.05, 3.63) is 35.3 Å². The highest BCUT2D eigenvalue weighted by molar-refractivity contribution is 5.88. The van der Waals surface area contributed by atoms with Crippen LogP contribution in [0, 0.1) is 6.92 Å². The second-order valence-electron chi connectivity index (χ2n) is 3.17. The van der Waals surface area contributed by atoms with Crippen molar-refractivity contribution in [2.24, 2.45) is 0 Å². The number of furan rings is 1. The van der Waals surface area contributed by atoms with Gasteiger partial charge in [-0.2, -0.15) is 5.10 Å². The molecule has 2 rings (SSSR count). The molecule has 0 aromatic carbocycles.